The summed E-state index contributed by atoms with van der Waals surface area (Å²) in [5.74, 6) is 0.732. The predicted octanol–water partition coefficient (Wildman–Crippen LogP) is 2.15. The number of anilines is 1. The van der Waals surface area contributed by atoms with Crippen LogP contribution in [0.3, 0.4) is 0 Å². The molecule has 3 rings (SSSR count). The van der Waals surface area contributed by atoms with Crippen molar-refractivity contribution in [1.29, 1.82) is 0 Å². The van der Waals surface area contributed by atoms with Crippen molar-refractivity contribution in [2.45, 2.75) is 13.3 Å². The van der Waals surface area contributed by atoms with E-state index in [1.165, 1.54) is 5.56 Å². The van der Waals surface area contributed by atoms with Crippen LogP contribution in [0.25, 0.3) is 11.1 Å². The molecule has 6 heteroatoms. The number of aryl methyl sites for hydroxylation is 1. The van der Waals surface area contributed by atoms with Gasteiger partial charge in [0.1, 0.15) is 5.52 Å². The molecule has 1 saturated heterocycles. The number of benzene rings is 1. The first-order chi connectivity index (χ1) is 12.1. The molecule has 0 aliphatic carbocycles. The fourth-order valence-electron chi connectivity index (χ4n) is 3.68. The number of methoxy groups -OCH3 is 1. The van der Waals surface area contributed by atoms with Crippen molar-refractivity contribution in [2.75, 3.05) is 58.5 Å². The van der Waals surface area contributed by atoms with Gasteiger partial charge in [0.15, 0.2) is 5.58 Å². The number of aromatic nitrogens is 1. The van der Waals surface area contributed by atoms with E-state index in [2.05, 4.69) is 28.8 Å². The van der Waals surface area contributed by atoms with Gasteiger partial charge in [-0.2, -0.15) is 4.98 Å². The molecule has 2 aromatic rings. The second-order valence-corrected chi connectivity index (χ2v) is 7.28. The first-order valence-corrected chi connectivity index (χ1v) is 8.99. The third kappa shape index (κ3) is 4.51. The van der Waals surface area contributed by atoms with Crippen LogP contribution >= 0.6 is 0 Å². The lowest BCUT2D eigenvalue weighted by Crippen LogP contribution is -2.45. The third-order valence-electron chi connectivity index (χ3n) is 4.93. The van der Waals surface area contributed by atoms with E-state index in [1.54, 1.807) is 7.11 Å². The van der Waals surface area contributed by atoms with Crippen LogP contribution in [0.15, 0.2) is 22.6 Å². The Hall–Kier alpha value is -1.63. The molecule has 1 aromatic heterocycles. The summed E-state index contributed by atoms with van der Waals surface area (Å²) in [6.45, 7) is 6.59. The number of nitrogens with zero attached hydrogens (tertiary/aromatic N) is 3. The fraction of sp³-hybridized carbons (Fsp3) is 0.632. The van der Waals surface area contributed by atoms with Crippen molar-refractivity contribution in [3.63, 3.8) is 0 Å². The number of rotatable bonds is 7. The van der Waals surface area contributed by atoms with Crippen LogP contribution in [0.2, 0.25) is 0 Å². The van der Waals surface area contributed by atoms with E-state index in [0.29, 0.717) is 11.9 Å². The average molecular weight is 347 g/mol. The van der Waals surface area contributed by atoms with E-state index in [4.69, 9.17) is 9.15 Å². The van der Waals surface area contributed by atoms with Crippen LogP contribution in [0, 0.1) is 18.8 Å². The molecule has 2 heterocycles. The molecule has 1 aliphatic rings. The minimum Gasteiger partial charge on any atom is -0.423 e. The van der Waals surface area contributed by atoms with Crippen LogP contribution in [-0.2, 0) is 4.74 Å². The quantitative estimate of drug-likeness (QED) is 0.828. The number of likely N-dealkylation sites (N-methyl/N-ethyl adjacent to an activating group) is 1. The molecular formula is C19H29N3O3. The van der Waals surface area contributed by atoms with Crippen LogP contribution in [-0.4, -0.2) is 68.5 Å². The number of hydrogen-bond donors (Lipinski definition) is 1. The standard InChI is InChI=1S/C19H29N3O3/c1-14-4-5-18-17(8-14)20-19(25-18)22-11-15(9-16(12-22)13-23)10-21(2)6-7-24-3/h4-5,8,15-16,23H,6-7,9-13H2,1-3H3/t15-,16+/m1/s1. The Kier molecular flexibility index (Phi) is 5.93. The summed E-state index contributed by atoms with van der Waals surface area (Å²) in [5, 5.41) is 9.71. The van der Waals surface area contributed by atoms with Crippen molar-refractivity contribution < 1.29 is 14.3 Å². The van der Waals surface area contributed by atoms with Gasteiger partial charge >= 0.3 is 0 Å². The molecule has 0 amide bonds. The average Bonchev–Trinajstić information content (AvgIpc) is 3.02. The summed E-state index contributed by atoms with van der Waals surface area (Å²) in [5.41, 5.74) is 2.90. The minimum absolute atomic E-state index is 0.203. The largest absolute Gasteiger partial charge is 0.423 e. The SMILES string of the molecule is COCCN(C)C[C@H]1C[C@H](CO)CN(c2nc3cc(C)ccc3o2)C1. The highest BCUT2D eigenvalue weighted by atomic mass is 16.5. The van der Waals surface area contributed by atoms with Gasteiger partial charge in [-0.25, -0.2) is 0 Å². The zero-order valence-electron chi connectivity index (χ0n) is 15.4. The predicted molar refractivity (Wildman–Crippen MR) is 99.0 cm³/mol. The van der Waals surface area contributed by atoms with E-state index < -0.39 is 0 Å². The molecular weight excluding hydrogens is 318 g/mol. The maximum Gasteiger partial charge on any atom is 0.298 e. The molecule has 1 aliphatic heterocycles. The smallest absolute Gasteiger partial charge is 0.298 e. The van der Waals surface area contributed by atoms with Crippen molar-refractivity contribution in [2.24, 2.45) is 11.8 Å². The molecule has 0 bridgehead atoms. The van der Waals surface area contributed by atoms with Gasteiger partial charge in [0.2, 0.25) is 0 Å². The van der Waals surface area contributed by atoms with Crippen LogP contribution in [0.4, 0.5) is 6.01 Å². The Labute approximate surface area is 149 Å². The summed E-state index contributed by atoms with van der Waals surface area (Å²) in [6.07, 6.45) is 1.03. The second kappa shape index (κ2) is 8.17. The molecule has 6 nitrogen and oxygen atoms in total. The number of piperidine rings is 1. The van der Waals surface area contributed by atoms with Crippen LogP contribution in [0.5, 0.6) is 0 Å². The van der Waals surface area contributed by atoms with Gasteiger partial charge in [-0.15, -0.1) is 0 Å². The van der Waals surface area contributed by atoms with Crippen molar-refractivity contribution in [1.82, 2.24) is 9.88 Å². The summed E-state index contributed by atoms with van der Waals surface area (Å²) in [7, 11) is 3.85. The fourth-order valence-corrected chi connectivity index (χ4v) is 3.68. The van der Waals surface area contributed by atoms with Crippen molar-refractivity contribution >= 4 is 17.1 Å². The highest BCUT2D eigenvalue weighted by Gasteiger charge is 2.30. The summed E-state index contributed by atoms with van der Waals surface area (Å²) in [4.78, 5) is 9.16. The van der Waals surface area contributed by atoms with Gasteiger partial charge < -0.3 is 24.1 Å². The molecule has 0 unspecified atom stereocenters. The number of ether oxygens (including phenoxy) is 1. The van der Waals surface area contributed by atoms with Gasteiger partial charge in [0.05, 0.1) is 6.61 Å². The molecule has 2 atom stereocenters. The zero-order chi connectivity index (χ0) is 17.8. The Balaban J connectivity index is 1.72. The van der Waals surface area contributed by atoms with Crippen LogP contribution < -0.4 is 4.90 Å². The van der Waals surface area contributed by atoms with Gasteiger partial charge in [0, 0.05) is 45.8 Å². The first kappa shape index (κ1) is 18.2. The topological polar surface area (TPSA) is 62.0 Å². The highest BCUT2D eigenvalue weighted by Crippen LogP contribution is 2.29. The Morgan fingerprint density at radius 3 is 2.92 bits per heavy atom. The van der Waals surface area contributed by atoms with E-state index in [9.17, 15) is 5.11 Å². The maximum atomic E-state index is 9.71. The van der Waals surface area contributed by atoms with Crippen molar-refractivity contribution in [3.05, 3.63) is 23.8 Å². The van der Waals surface area contributed by atoms with Gasteiger partial charge in [-0.3, -0.25) is 0 Å². The lowest BCUT2D eigenvalue weighted by molar-refractivity contribution is 0.133. The number of aliphatic hydroxyl groups is 1. The zero-order valence-corrected chi connectivity index (χ0v) is 15.4. The molecule has 1 N–H and O–H groups in total. The number of aliphatic hydroxyl groups excluding tert-OH is 1. The van der Waals surface area contributed by atoms with Crippen LogP contribution in [0.1, 0.15) is 12.0 Å². The molecule has 25 heavy (non-hydrogen) atoms. The monoisotopic (exact) mass is 347 g/mol. The minimum atomic E-state index is 0.203. The lowest BCUT2D eigenvalue weighted by atomic mass is 9.89. The Morgan fingerprint density at radius 2 is 2.16 bits per heavy atom. The van der Waals surface area contributed by atoms with Gasteiger partial charge in [-0.1, -0.05) is 6.07 Å². The van der Waals surface area contributed by atoms with E-state index in [0.717, 1.165) is 50.3 Å². The highest BCUT2D eigenvalue weighted by molar-refractivity contribution is 5.75. The van der Waals surface area contributed by atoms with Crippen molar-refractivity contribution in [3.8, 4) is 0 Å². The Bertz CT molecular complexity index is 688. The maximum absolute atomic E-state index is 9.71. The molecule has 138 valence electrons. The normalized spacial score (nSPS) is 21.4. The summed E-state index contributed by atoms with van der Waals surface area (Å²) in [6, 6.07) is 6.73. The van der Waals surface area contributed by atoms with Gasteiger partial charge in [-0.05, 0) is 44.0 Å². The van der Waals surface area contributed by atoms with Gasteiger partial charge in [0.25, 0.3) is 6.01 Å². The number of fused-ring (bicyclic) bond motifs is 1. The number of hydrogen-bond acceptors (Lipinski definition) is 6. The van der Waals surface area contributed by atoms with E-state index in [-0.39, 0.29) is 12.5 Å². The second-order valence-electron chi connectivity index (χ2n) is 7.28. The molecule has 0 radical (unpaired) electrons. The summed E-state index contributed by atoms with van der Waals surface area (Å²) < 4.78 is 11.1. The molecule has 1 aromatic carbocycles. The lowest BCUT2D eigenvalue weighted by Gasteiger charge is -2.37. The van der Waals surface area contributed by atoms with E-state index in [1.807, 2.05) is 18.2 Å². The molecule has 0 saturated carbocycles. The summed E-state index contributed by atoms with van der Waals surface area (Å²) >= 11 is 0. The molecule has 1 fully saturated rings. The third-order valence-corrected chi connectivity index (χ3v) is 4.93. The Morgan fingerprint density at radius 1 is 1.36 bits per heavy atom. The molecule has 0 spiro atoms. The first-order valence-electron chi connectivity index (χ1n) is 8.99. The van der Waals surface area contributed by atoms with E-state index >= 15 is 0 Å². The number of oxazole rings is 1.